The molecule has 0 amide bonds. The molecule has 8 heteroatoms. The zero-order chi connectivity index (χ0) is 18.0. The lowest BCUT2D eigenvalue weighted by Crippen LogP contribution is -2.34. The Balaban J connectivity index is 2.13. The minimum absolute atomic E-state index is 0.0930. The fraction of sp³-hybridized carbons (Fsp3) is 0.625. The molecule has 1 atom stereocenters. The van der Waals surface area contributed by atoms with Crippen molar-refractivity contribution in [1.82, 2.24) is 9.71 Å². The molecule has 134 valence electrons. The van der Waals surface area contributed by atoms with Crippen molar-refractivity contribution in [2.75, 3.05) is 18.0 Å². The molecule has 1 unspecified atom stereocenters. The second-order valence-electron chi connectivity index (χ2n) is 6.52. The fourth-order valence-corrected chi connectivity index (χ4v) is 4.14. The van der Waals surface area contributed by atoms with Crippen LogP contribution in [0.15, 0.2) is 23.2 Å². The smallest absolute Gasteiger partial charge is 0.311 e. The summed E-state index contributed by atoms with van der Waals surface area (Å²) in [6, 6.07) is 3.06. The van der Waals surface area contributed by atoms with Gasteiger partial charge in [0, 0.05) is 25.3 Å². The highest BCUT2D eigenvalue weighted by molar-refractivity contribution is 7.89. The van der Waals surface area contributed by atoms with Crippen molar-refractivity contribution in [3.8, 4) is 0 Å². The van der Waals surface area contributed by atoms with E-state index >= 15 is 0 Å². The van der Waals surface area contributed by atoms with Crippen LogP contribution in [-0.2, 0) is 14.8 Å². The predicted octanol–water partition coefficient (Wildman–Crippen LogP) is 1.85. The van der Waals surface area contributed by atoms with E-state index in [0.717, 1.165) is 12.8 Å². The van der Waals surface area contributed by atoms with Crippen LogP contribution in [0.2, 0.25) is 0 Å². The molecule has 24 heavy (non-hydrogen) atoms. The fourth-order valence-electron chi connectivity index (χ4n) is 2.79. The summed E-state index contributed by atoms with van der Waals surface area (Å²) in [5, 5.41) is 9.28. The van der Waals surface area contributed by atoms with Crippen LogP contribution in [0.1, 0.15) is 40.0 Å². The van der Waals surface area contributed by atoms with E-state index in [0.29, 0.717) is 25.3 Å². The van der Waals surface area contributed by atoms with Crippen molar-refractivity contribution in [1.29, 1.82) is 0 Å². The van der Waals surface area contributed by atoms with Gasteiger partial charge in [-0.3, -0.25) is 4.79 Å². The van der Waals surface area contributed by atoms with E-state index in [1.165, 1.54) is 12.3 Å². The molecular weight excluding hydrogens is 330 g/mol. The first-order valence-corrected chi connectivity index (χ1v) is 9.67. The molecule has 0 saturated carbocycles. The monoisotopic (exact) mass is 355 g/mol. The van der Waals surface area contributed by atoms with Crippen LogP contribution in [0.25, 0.3) is 0 Å². The molecule has 0 bridgehead atoms. The molecule has 0 spiro atoms. The number of hydrogen-bond acceptors (Lipinski definition) is 5. The minimum atomic E-state index is -3.59. The summed E-state index contributed by atoms with van der Waals surface area (Å²) in [5.41, 5.74) is -0.788. The van der Waals surface area contributed by atoms with Crippen LogP contribution in [0.4, 0.5) is 5.82 Å². The third kappa shape index (κ3) is 3.87. The number of rotatable bonds is 7. The van der Waals surface area contributed by atoms with Gasteiger partial charge in [-0.1, -0.05) is 13.8 Å². The molecule has 0 aromatic carbocycles. The highest BCUT2D eigenvalue weighted by atomic mass is 32.2. The Morgan fingerprint density at radius 1 is 1.42 bits per heavy atom. The van der Waals surface area contributed by atoms with Gasteiger partial charge in [0.05, 0.1) is 5.41 Å². The number of sulfonamides is 1. The SMILES string of the molecule is CCC(CC)NS(=O)(=O)c1ccc(N2CCC(C)(C(=O)O)C2)nc1. The Hall–Kier alpha value is -1.67. The standard InChI is InChI=1S/C16H25N3O4S/c1-4-12(5-2)18-24(22,23)13-6-7-14(17-10-13)19-9-8-16(3,11-19)15(20)21/h6-7,10,12,18H,4-5,8-9,11H2,1-3H3,(H,20,21). The van der Waals surface area contributed by atoms with E-state index in [2.05, 4.69) is 9.71 Å². The van der Waals surface area contributed by atoms with E-state index in [1.807, 2.05) is 18.7 Å². The average Bonchev–Trinajstić information content (AvgIpc) is 2.96. The molecule has 1 aromatic heterocycles. The largest absolute Gasteiger partial charge is 0.481 e. The van der Waals surface area contributed by atoms with Crippen molar-refractivity contribution in [2.24, 2.45) is 5.41 Å². The van der Waals surface area contributed by atoms with E-state index in [-0.39, 0.29) is 10.9 Å². The quantitative estimate of drug-likeness (QED) is 0.774. The normalized spacial score (nSPS) is 21.4. The van der Waals surface area contributed by atoms with Gasteiger partial charge in [-0.05, 0) is 38.3 Å². The summed E-state index contributed by atoms with van der Waals surface area (Å²) in [6.45, 7) is 6.55. The number of carboxylic acids is 1. The Bertz CT molecular complexity index is 686. The number of carboxylic acid groups (broad SMARTS) is 1. The number of nitrogens with one attached hydrogen (secondary N) is 1. The van der Waals surface area contributed by atoms with E-state index in [4.69, 9.17) is 0 Å². The molecule has 1 saturated heterocycles. The van der Waals surface area contributed by atoms with Crippen molar-refractivity contribution in [3.63, 3.8) is 0 Å². The molecule has 1 aliphatic rings. The molecule has 1 fully saturated rings. The summed E-state index contributed by atoms with van der Waals surface area (Å²) in [4.78, 5) is 17.5. The average molecular weight is 355 g/mol. The van der Waals surface area contributed by atoms with Crippen LogP contribution >= 0.6 is 0 Å². The van der Waals surface area contributed by atoms with E-state index in [9.17, 15) is 18.3 Å². The van der Waals surface area contributed by atoms with Gasteiger partial charge >= 0.3 is 5.97 Å². The first-order chi connectivity index (χ1) is 11.2. The van der Waals surface area contributed by atoms with Crippen LogP contribution in [0.5, 0.6) is 0 Å². The molecular formula is C16H25N3O4S. The first-order valence-electron chi connectivity index (χ1n) is 8.18. The zero-order valence-corrected chi connectivity index (χ0v) is 15.1. The second kappa shape index (κ2) is 7.06. The van der Waals surface area contributed by atoms with Crippen molar-refractivity contribution >= 4 is 21.8 Å². The van der Waals surface area contributed by atoms with Crippen LogP contribution in [0, 0.1) is 5.41 Å². The van der Waals surface area contributed by atoms with Crippen molar-refractivity contribution < 1.29 is 18.3 Å². The summed E-state index contributed by atoms with van der Waals surface area (Å²) in [7, 11) is -3.59. The topological polar surface area (TPSA) is 99.6 Å². The third-order valence-electron chi connectivity index (χ3n) is 4.65. The number of hydrogen-bond donors (Lipinski definition) is 2. The maximum Gasteiger partial charge on any atom is 0.311 e. The summed E-state index contributed by atoms with van der Waals surface area (Å²) >= 11 is 0. The lowest BCUT2D eigenvalue weighted by molar-refractivity contribution is -0.146. The van der Waals surface area contributed by atoms with Gasteiger partial charge in [-0.2, -0.15) is 0 Å². The van der Waals surface area contributed by atoms with Gasteiger partial charge in [0.2, 0.25) is 10.0 Å². The summed E-state index contributed by atoms with van der Waals surface area (Å²) in [6.07, 6.45) is 3.32. The minimum Gasteiger partial charge on any atom is -0.481 e. The molecule has 1 aliphatic heterocycles. The molecule has 1 aromatic rings. The Morgan fingerprint density at radius 2 is 2.08 bits per heavy atom. The van der Waals surface area contributed by atoms with Crippen molar-refractivity contribution in [3.05, 3.63) is 18.3 Å². The van der Waals surface area contributed by atoms with Gasteiger partial charge in [-0.25, -0.2) is 18.1 Å². The van der Waals surface area contributed by atoms with E-state index in [1.54, 1.807) is 13.0 Å². The second-order valence-corrected chi connectivity index (χ2v) is 8.24. The lowest BCUT2D eigenvalue weighted by Gasteiger charge is -2.21. The Kier molecular flexibility index (Phi) is 5.49. The number of nitrogens with zero attached hydrogens (tertiary/aromatic N) is 2. The third-order valence-corrected chi connectivity index (χ3v) is 6.16. The van der Waals surface area contributed by atoms with Crippen LogP contribution in [-0.4, -0.2) is 43.6 Å². The van der Waals surface area contributed by atoms with Gasteiger partial charge in [0.1, 0.15) is 10.7 Å². The number of anilines is 1. The maximum atomic E-state index is 12.3. The number of aromatic nitrogens is 1. The first kappa shape index (κ1) is 18.7. The Morgan fingerprint density at radius 3 is 2.54 bits per heavy atom. The summed E-state index contributed by atoms with van der Waals surface area (Å²) < 4.78 is 27.4. The predicted molar refractivity (Wildman–Crippen MR) is 91.5 cm³/mol. The molecule has 0 radical (unpaired) electrons. The number of pyridine rings is 1. The molecule has 0 aliphatic carbocycles. The lowest BCUT2D eigenvalue weighted by atomic mass is 9.90. The Labute approximate surface area is 143 Å². The zero-order valence-electron chi connectivity index (χ0n) is 14.3. The van der Waals surface area contributed by atoms with Crippen molar-refractivity contribution in [2.45, 2.75) is 51.0 Å². The van der Waals surface area contributed by atoms with Gasteiger partial charge < -0.3 is 10.0 Å². The number of aliphatic carboxylic acids is 1. The molecule has 2 N–H and O–H groups in total. The van der Waals surface area contributed by atoms with Crippen LogP contribution in [0.3, 0.4) is 0 Å². The molecule has 2 rings (SSSR count). The van der Waals surface area contributed by atoms with Gasteiger partial charge in [0.15, 0.2) is 0 Å². The molecule has 2 heterocycles. The van der Waals surface area contributed by atoms with E-state index < -0.39 is 21.4 Å². The van der Waals surface area contributed by atoms with Gasteiger partial charge in [0.25, 0.3) is 0 Å². The molecule has 7 nitrogen and oxygen atoms in total. The summed E-state index contributed by atoms with van der Waals surface area (Å²) in [5.74, 6) is -0.222. The highest BCUT2D eigenvalue weighted by Crippen LogP contribution is 2.32. The van der Waals surface area contributed by atoms with Crippen LogP contribution < -0.4 is 9.62 Å². The number of carbonyl (C=O) groups is 1. The maximum absolute atomic E-state index is 12.3. The van der Waals surface area contributed by atoms with Gasteiger partial charge in [-0.15, -0.1) is 0 Å². The highest BCUT2D eigenvalue weighted by Gasteiger charge is 2.40.